The first-order valence-electron chi connectivity index (χ1n) is 13.6. The number of methoxy groups -OCH3 is 2. The minimum Gasteiger partial charge on any atom is -0.493 e. The molecule has 1 saturated heterocycles. The fourth-order valence-electron chi connectivity index (χ4n) is 5.68. The lowest BCUT2D eigenvalue weighted by Gasteiger charge is -2.31. The number of imide groups is 1. The van der Waals surface area contributed by atoms with Crippen molar-refractivity contribution in [2.45, 2.75) is 28.9 Å². The van der Waals surface area contributed by atoms with Crippen LogP contribution < -0.4 is 24.6 Å². The molecule has 1 aromatic heterocycles. The Morgan fingerprint density at radius 3 is 2.30 bits per heavy atom. The zero-order valence-electron chi connectivity index (χ0n) is 24.0. The molecule has 9 nitrogen and oxygen atoms in total. The number of hydrogen-bond acceptors (Lipinski definition) is 8. The summed E-state index contributed by atoms with van der Waals surface area (Å²) >= 11 is 1.70. The molecule has 3 aromatic carbocycles. The predicted octanol–water partition coefficient (Wildman–Crippen LogP) is 5.52. The number of amides is 3. The molecule has 15 heteroatoms. The largest absolute Gasteiger partial charge is 0.493 e. The molecular formula is C31H23F4N3O6S2. The van der Waals surface area contributed by atoms with E-state index in [9.17, 15) is 36.7 Å². The number of benzene rings is 3. The van der Waals surface area contributed by atoms with Crippen LogP contribution in [0.5, 0.6) is 11.5 Å². The molecule has 3 amide bonds. The zero-order chi connectivity index (χ0) is 32.9. The Morgan fingerprint density at radius 1 is 0.935 bits per heavy atom. The molecule has 238 valence electrons. The Hall–Kier alpha value is -4.63. The quantitative estimate of drug-likeness (QED) is 0.204. The number of rotatable bonds is 7. The molecule has 0 saturated carbocycles. The summed E-state index contributed by atoms with van der Waals surface area (Å²) < 4.78 is 66.2. The normalized spacial score (nSPS) is 19.1. The van der Waals surface area contributed by atoms with E-state index in [0.29, 0.717) is 21.9 Å². The third kappa shape index (κ3) is 5.42. The third-order valence-electron chi connectivity index (χ3n) is 7.71. The number of aromatic nitrogens is 1. The van der Waals surface area contributed by atoms with Gasteiger partial charge in [-0.05, 0) is 54.1 Å². The molecule has 2 aliphatic heterocycles. The average Bonchev–Trinajstić information content (AvgIpc) is 3.47. The van der Waals surface area contributed by atoms with Crippen LogP contribution in [0.2, 0.25) is 0 Å². The van der Waals surface area contributed by atoms with E-state index in [0.717, 1.165) is 56.8 Å². The second-order valence-corrected chi connectivity index (χ2v) is 12.5. The van der Waals surface area contributed by atoms with E-state index < -0.39 is 69.5 Å². The number of ether oxygens (including phenoxy) is 2. The first-order chi connectivity index (χ1) is 21.9. The molecule has 0 spiro atoms. The van der Waals surface area contributed by atoms with Gasteiger partial charge < -0.3 is 14.8 Å². The van der Waals surface area contributed by atoms with Crippen molar-refractivity contribution in [3.05, 3.63) is 98.2 Å². The summed E-state index contributed by atoms with van der Waals surface area (Å²) in [6.07, 6.45) is -4.73. The Bertz CT molecular complexity index is 1920. The predicted molar refractivity (Wildman–Crippen MR) is 162 cm³/mol. The summed E-state index contributed by atoms with van der Waals surface area (Å²) in [5.41, 5.74) is -0.835. The number of fused-ring (bicyclic) bond motifs is 2. The van der Waals surface area contributed by atoms with Gasteiger partial charge >= 0.3 is 11.0 Å². The number of nitrogens with zero attached hydrogens (tertiary/aromatic N) is 2. The Labute approximate surface area is 266 Å². The molecule has 1 N–H and O–H groups in total. The summed E-state index contributed by atoms with van der Waals surface area (Å²) in [6.45, 7) is -0.649. The number of hydrogen-bond donors (Lipinski definition) is 1. The minimum absolute atomic E-state index is 0.168. The van der Waals surface area contributed by atoms with Gasteiger partial charge in [-0.3, -0.25) is 23.7 Å². The van der Waals surface area contributed by atoms with Crippen LogP contribution in [0.3, 0.4) is 0 Å². The summed E-state index contributed by atoms with van der Waals surface area (Å²) in [7, 11) is 2.88. The monoisotopic (exact) mass is 673 g/mol. The number of nitrogens with one attached hydrogen (secondary N) is 1. The maximum absolute atomic E-state index is 14.0. The number of carbonyl (C=O) groups excluding carboxylic acids is 3. The molecular weight excluding hydrogens is 650 g/mol. The number of thiazole rings is 1. The molecule has 6 rings (SSSR count). The average molecular weight is 674 g/mol. The molecule has 0 radical (unpaired) electrons. The maximum atomic E-state index is 14.0. The van der Waals surface area contributed by atoms with Crippen LogP contribution in [0, 0.1) is 11.7 Å². The standard InChI is InChI=1S/C31H23F4N3O6S2/c1-43-20-12-7-15(13-21(20)44-2)23-24-25(28(41)38(27(24)40)17-10-8-16(32)9-11-17)45-29-26(23)46-30(42)37(29)14-22(39)36-19-6-4-3-5-18(19)31(33,34)35/h3-13,23-25H,14H2,1-2H3,(H,36,39)/t23-,24-,25+/m0/s1. The maximum Gasteiger partial charge on any atom is 0.418 e. The van der Waals surface area contributed by atoms with Crippen LogP contribution in [-0.4, -0.2) is 41.8 Å². The van der Waals surface area contributed by atoms with E-state index in [4.69, 9.17) is 9.47 Å². The van der Waals surface area contributed by atoms with Gasteiger partial charge in [0.1, 0.15) is 17.6 Å². The Balaban J connectivity index is 1.43. The first-order valence-corrected chi connectivity index (χ1v) is 15.3. The molecule has 4 aromatic rings. The van der Waals surface area contributed by atoms with Crippen LogP contribution in [0.15, 0.2) is 76.6 Å². The van der Waals surface area contributed by atoms with Gasteiger partial charge in [0.25, 0.3) is 0 Å². The van der Waals surface area contributed by atoms with Crippen molar-refractivity contribution < 1.29 is 41.4 Å². The Kier molecular flexibility index (Phi) is 8.14. The van der Waals surface area contributed by atoms with Crippen LogP contribution in [0.25, 0.3) is 0 Å². The number of carbonyl (C=O) groups is 3. The van der Waals surface area contributed by atoms with Gasteiger partial charge in [-0.2, -0.15) is 13.2 Å². The molecule has 3 atom stereocenters. The first kappa shape index (κ1) is 31.4. The molecule has 46 heavy (non-hydrogen) atoms. The van der Waals surface area contributed by atoms with Gasteiger partial charge in [0.15, 0.2) is 11.5 Å². The lowest BCUT2D eigenvalue weighted by molar-refractivity contribution is -0.137. The molecule has 0 aliphatic carbocycles. The summed E-state index contributed by atoms with van der Waals surface area (Å²) in [4.78, 5) is 55.1. The van der Waals surface area contributed by atoms with Crippen molar-refractivity contribution in [2.75, 3.05) is 24.4 Å². The highest BCUT2D eigenvalue weighted by Gasteiger charge is 2.57. The van der Waals surface area contributed by atoms with E-state index >= 15 is 0 Å². The van der Waals surface area contributed by atoms with Crippen LogP contribution in [0.4, 0.5) is 28.9 Å². The molecule has 0 unspecified atom stereocenters. The van der Waals surface area contributed by atoms with Crippen molar-refractivity contribution in [2.24, 2.45) is 5.92 Å². The number of anilines is 2. The topological polar surface area (TPSA) is 107 Å². The van der Waals surface area contributed by atoms with Crippen molar-refractivity contribution in [3.63, 3.8) is 0 Å². The summed E-state index contributed by atoms with van der Waals surface area (Å²) in [5, 5.41) is 1.43. The highest BCUT2D eigenvalue weighted by Crippen LogP contribution is 2.54. The van der Waals surface area contributed by atoms with Crippen molar-refractivity contribution in [1.29, 1.82) is 0 Å². The Morgan fingerprint density at radius 2 is 1.63 bits per heavy atom. The zero-order valence-corrected chi connectivity index (χ0v) is 25.6. The van der Waals surface area contributed by atoms with Crippen LogP contribution in [0.1, 0.15) is 21.9 Å². The molecule has 1 fully saturated rings. The van der Waals surface area contributed by atoms with E-state index in [1.54, 1.807) is 18.2 Å². The van der Waals surface area contributed by atoms with Crippen LogP contribution >= 0.6 is 23.1 Å². The van der Waals surface area contributed by atoms with Gasteiger partial charge in [-0.1, -0.05) is 41.3 Å². The second kappa shape index (κ2) is 11.9. The number of thioether (sulfide) groups is 1. The SMILES string of the molecule is COc1ccc([C@@H]2c3sc(=O)n(CC(=O)Nc4ccccc4C(F)(F)F)c3S[C@H]3C(=O)N(c4ccc(F)cc4)C(=O)[C@@H]23)cc1OC. The van der Waals surface area contributed by atoms with E-state index in [2.05, 4.69) is 5.32 Å². The van der Waals surface area contributed by atoms with Gasteiger partial charge in [0, 0.05) is 10.8 Å². The fourth-order valence-corrected chi connectivity index (χ4v) is 8.45. The third-order valence-corrected chi connectivity index (χ3v) is 10.3. The lowest BCUT2D eigenvalue weighted by Crippen LogP contribution is -2.33. The number of alkyl halides is 3. The van der Waals surface area contributed by atoms with Gasteiger partial charge in [0.2, 0.25) is 17.7 Å². The van der Waals surface area contributed by atoms with E-state index in [1.807, 2.05) is 0 Å². The molecule has 3 heterocycles. The number of para-hydroxylation sites is 1. The molecule has 2 aliphatic rings. The minimum atomic E-state index is -4.73. The van der Waals surface area contributed by atoms with E-state index in [1.165, 1.54) is 38.5 Å². The van der Waals surface area contributed by atoms with Gasteiger partial charge in [0.05, 0.1) is 42.1 Å². The second-order valence-electron chi connectivity index (χ2n) is 10.4. The highest BCUT2D eigenvalue weighted by molar-refractivity contribution is 8.00. The molecule has 0 bridgehead atoms. The van der Waals surface area contributed by atoms with Gasteiger partial charge in [-0.25, -0.2) is 9.29 Å². The highest BCUT2D eigenvalue weighted by atomic mass is 32.2. The smallest absolute Gasteiger partial charge is 0.418 e. The lowest BCUT2D eigenvalue weighted by atomic mass is 9.83. The van der Waals surface area contributed by atoms with Crippen LogP contribution in [-0.2, 0) is 27.1 Å². The fraction of sp³-hybridized carbons (Fsp3) is 0.226. The van der Waals surface area contributed by atoms with Gasteiger partial charge in [-0.15, -0.1) is 0 Å². The van der Waals surface area contributed by atoms with E-state index in [-0.39, 0.29) is 10.7 Å². The number of halogens is 4. The van der Waals surface area contributed by atoms with Crippen molar-refractivity contribution in [1.82, 2.24) is 4.57 Å². The summed E-state index contributed by atoms with van der Waals surface area (Å²) in [5.74, 6) is -3.73. The van der Waals surface area contributed by atoms with Crippen molar-refractivity contribution >= 4 is 52.2 Å². The van der Waals surface area contributed by atoms with Crippen molar-refractivity contribution in [3.8, 4) is 11.5 Å². The summed E-state index contributed by atoms with van der Waals surface area (Å²) in [6, 6.07) is 14.3.